The summed E-state index contributed by atoms with van der Waals surface area (Å²) in [6.07, 6.45) is 2.44. The molecule has 1 saturated heterocycles. The number of hydrogen-bond acceptors (Lipinski definition) is 7. The molecule has 0 radical (unpaired) electrons. The molecule has 3 rings (SSSR count). The Bertz CT molecular complexity index is 985. The van der Waals surface area contributed by atoms with Crippen LogP contribution in [-0.4, -0.2) is 49.3 Å². The molecule has 0 bridgehead atoms. The van der Waals surface area contributed by atoms with E-state index in [4.69, 9.17) is 4.52 Å². The first kappa shape index (κ1) is 23.2. The molecule has 31 heavy (non-hydrogen) atoms. The predicted octanol–water partition coefficient (Wildman–Crippen LogP) is 2.88. The minimum atomic E-state index is -3.18. The maximum Gasteiger partial charge on any atom is 0.227 e. The van der Waals surface area contributed by atoms with Crippen molar-refractivity contribution < 1.29 is 17.7 Å². The van der Waals surface area contributed by atoms with Crippen molar-refractivity contribution in [1.82, 2.24) is 15.5 Å². The maximum atomic E-state index is 12.3. The van der Waals surface area contributed by atoms with Crippen LogP contribution >= 0.6 is 0 Å². The predicted molar refractivity (Wildman–Crippen MR) is 119 cm³/mol. The van der Waals surface area contributed by atoms with E-state index in [1.165, 1.54) is 0 Å². The number of carbonyl (C=O) groups is 1. The number of anilines is 1. The fourth-order valence-electron chi connectivity index (χ4n) is 3.49. The van der Waals surface area contributed by atoms with Crippen LogP contribution < -0.4 is 10.2 Å². The lowest BCUT2D eigenvalue weighted by Gasteiger charge is -2.34. The van der Waals surface area contributed by atoms with E-state index in [0.717, 1.165) is 31.6 Å². The Kier molecular flexibility index (Phi) is 7.03. The van der Waals surface area contributed by atoms with Crippen LogP contribution in [0.4, 0.5) is 5.69 Å². The van der Waals surface area contributed by atoms with Gasteiger partial charge in [0.25, 0.3) is 0 Å². The molecule has 1 aromatic heterocycles. The number of amides is 1. The molecule has 0 aliphatic carbocycles. The van der Waals surface area contributed by atoms with Crippen LogP contribution in [0.15, 0.2) is 33.7 Å². The van der Waals surface area contributed by atoms with Crippen LogP contribution in [0.1, 0.15) is 58.7 Å². The van der Waals surface area contributed by atoms with E-state index in [1.54, 1.807) is 19.1 Å². The standard InChI is InChI=1S/C22H32N4O4S/c1-5-31(28,29)18-8-6-17(7-9-18)26-14-12-16(13-15-26)23-19(27)10-11-20-24-21(25-30-20)22(2,3)4/h6-9,16H,5,10-15H2,1-4H3,(H,23,27). The fraction of sp³-hybridized carbons (Fsp3) is 0.591. The lowest BCUT2D eigenvalue weighted by Crippen LogP contribution is -2.44. The molecule has 0 unspecified atom stereocenters. The first-order valence-corrected chi connectivity index (χ1v) is 12.4. The minimum Gasteiger partial charge on any atom is -0.371 e. The Hall–Kier alpha value is -2.42. The molecule has 8 nitrogen and oxygen atoms in total. The van der Waals surface area contributed by atoms with Crippen molar-refractivity contribution in [2.45, 2.75) is 69.7 Å². The third-order valence-corrected chi connectivity index (χ3v) is 7.26. The third kappa shape index (κ3) is 6.06. The number of piperidine rings is 1. The van der Waals surface area contributed by atoms with Gasteiger partial charge < -0.3 is 14.7 Å². The molecule has 1 fully saturated rings. The van der Waals surface area contributed by atoms with E-state index >= 15 is 0 Å². The van der Waals surface area contributed by atoms with Crippen molar-refractivity contribution in [3.8, 4) is 0 Å². The highest BCUT2D eigenvalue weighted by Crippen LogP contribution is 2.23. The second-order valence-electron chi connectivity index (χ2n) is 8.99. The summed E-state index contributed by atoms with van der Waals surface area (Å²) in [6.45, 7) is 9.31. The quantitative estimate of drug-likeness (QED) is 0.694. The van der Waals surface area contributed by atoms with E-state index in [-0.39, 0.29) is 23.1 Å². The number of benzene rings is 1. The molecule has 2 aromatic rings. The summed E-state index contributed by atoms with van der Waals surface area (Å²) < 4.78 is 29.2. The molecule has 1 N–H and O–H groups in total. The summed E-state index contributed by atoms with van der Waals surface area (Å²) in [5.41, 5.74) is 0.827. The summed E-state index contributed by atoms with van der Waals surface area (Å²) in [5.74, 6) is 1.23. The Morgan fingerprint density at radius 1 is 1.19 bits per heavy atom. The third-order valence-electron chi connectivity index (χ3n) is 5.51. The SMILES string of the molecule is CCS(=O)(=O)c1ccc(N2CCC(NC(=O)CCc3nc(C(C)(C)C)no3)CC2)cc1. The van der Waals surface area contributed by atoms with Crippen molar-refractivity contribution in [3.63, 3.8) is 0 Å². The van der Waals surface area contributed by atoms with Crippen LogP contribution in [0, 0.1) is 0 Å². The summed E-state index contributed by atoms with van der Waals surface area (Å²) in [7, 11) is -3.18. The van der Waals surface area contributed by atoms with Gasteiger partial charge in [0.15, 0.2) is 15.7 Å². The molecule has 9 heteroatoms. The zero-order valence-corrected chi connectivity index (χ0v) is 19.5. The maximum absolute atomic E-state index is 12.3. The lowest BCUT2D eigenvalue weighted by molar-refractivity contribution is -0.122. The van der Waals surface area contributed by atoms with Gasteiger partial charge in [0, 0.05) is 43.1 Å². The topological polar surface area (TPSA) is 105 Å². The molecule has 0 spiro atoms. The Balaban J connectivity index is 1.44. The van der Waals surface area contributed by atoms with Crippen molar-refractivity contribution >= 4 is 21.4 Å². The molecule has 1 aliphatic heterocycles. The number of sulfone groups is 1. The normalized spacial score (nSPS) is 15.8. The molecule has 170 valence electrons. The van der Waals surface area contributed by atoms with Crippen LogP contribution in [0.25, 0.3) is 0 Å². The van der Waals surface area contributed by atoms with E-state index < -0.39 is 9.84 Å². The van der Waals surface area contributed by atoms with Gasteiger partial charge in [-0.2, -0.15) is 4.98 Å². The zero-order valence-electron chi connectivity index (χ0n) is 18.7. The number of aryl methyl sites for hydroxylation is 1. The van der Waals surface area contributed by atoms with Gasteiger partial charge in [-0.1, -0.05) is 32.9 Å². The molecular formula is C22H32N4O4S. The average Bonchev–Trinajstić information content (AvgIpc) is 3.23. The van der Waals surface area contributed by atoms with Gasteiger partial charge in [-0.25, -0.2) is 8.42 Å². The molecule has 1 aliphatic rings. The van der Waals surface area contributed by atoms with Crippen molar-refractivity contribution in [1.29, 1.82) is 0 Å². The Morgan fingerprint density at radius 3 is 2.39 bits per heavy atom. The monoisotopic (exact) mass is 448 g/mol. The smallest absolute Gasteiger partial charge is 0.227 e. The molecule has 0 saturated carbocycles. The Morgan fingerprint density at radius 2 is 1.84 bits per heavy atom. The Labute approximate surface area is 184 Å². The number of nitrogens with one attached hydrogen (secondary N) is 1. The van der Waals surface area contributed by atoms with Crippen LogP contribution in [0.2, 0.25) is 0 Å². The van der Waals surface area contributed by atoms with Crippen LogP contribution in [-0.2, 0) is 26.5 Å². The number of nitrogens with zero attached hydrogens (tertiary/aromatic N) is 3. The van der Waals surface area contributed by atoms with E-state index in [9.17, 15) is 13.2 Å². The number of hydrogen-bond donors (Lipinski definition) is 1. The molecule has 0 atom stereocenters. The van der Waals surface area contributed by atoms with Gasteiger partial charge in [0.05, 0.1) is 10.6 Å². The largest absolute Gasteiger partial charge is 0.371 e. The number of rotatable bonds is 7. The number of aromatic nitrogens is 2. The van der Waals surface area contributed by atoms with Gasteiger partial charge in [-0.3, -0.25) is 4.79 Å². The second-order valence-corrected chi connectivity index (χ2v) is 11.3. The van der Waals surface area contributed by atoms with Gasteiger partial charge >= 0.3 is 0 Å². The van der Waals surface area contributed by atoms with Crippen LogP contribution in [0.3, 0.4) is 0 Å². The summed E-state index contributed by atoms with van der Waals surface area (Å²) in [5, 5.41) is 7.09. The van der Waals surface area contributed by atoms with Crippen molar-refractivity contribution in [3.05, 3.63) is 36.0 Å². The molecular weight excluding hydrogens is 416 g/mol. The van der Waals surface area contributed by atoms with E-state index in [1.807, 2.05) is 32.9 Å². The van der Waals surface area contributed by atoms with Gasteiger partial charge in [0.2, 0.25) is 11.8 Å². The van der Waals surface area contributed by atoms with E-state index in [0.29, 0.717) is 29.5 Å². The molecule has 2 heterocycles. The molecule has 1 amide bonds. The first-order chi connectivity index (χ1) is 14.6. The van der Waals surface area contributed by atoms with Crippen LogP contribution in [0.5, 0.6) is 0 Å². The highest BCUT2D eigenvalue weighted by atomic mass is 32.2. The van der Waals surface area contributed by atoms with Gasteiger partial charge in [-0.05, 0) is 37.1 Å². The number of carbonyl (C=O) groups excluding carboxylic acids is 1. The van der Waals surface area contributed by atoms with Crippen molar-refractivity contribution in [2.24, 2.45) is 0 Å². The summed E-state index contributed by atoms with van der Waals surface area (Å²) in [4.78, 5) is 19.3. The van der Waals surface area contributed by atoms with Gasteiger partial charge in [-0.15, -0.1) is 0 Å². The summed E-state index contributed by atoms with van der Waals surface area (Å²) >= 11 is 0. The zero-order chi connectivity index (χ0) is 22.6. The highest BCUT2D eigenvalue weighted by Gasteiger charge is 2.23. The fourth-order valence-corrected chi connectivity index (χ4v) is 4.38. The molecule has 1 aromatic carbocycles. The van der Waals surface area contributed by atoms with E-state index in [2.05, 4.69) is 20.4 Å². The van der Waals surface area contributed by atoms with Gasteiger partial charge in [0.1, 0.15) is 0 Å². The lowest BCUT2D eigenvalue weighted by atomic mass is 9.96. The first-order valence-electron chi connectivity index (χ1n) is 10.8. The van der Waals surface area contributed by atoms with Crippen molar-refractivity contribution in [2.75, 3.05) is 23.7 Å². The minimum absolute atomic E-state index is 0.0110. The highest BCUT2D eigenvalue weighted by molar-refractivity contribution is 7.91. The second kappa shape index (κ2) is 9.38. The summed E-state index contributed by atoms with van der Waals surface area (Å²) in [6, 6.07) is 7.20. The average molecular weight is 449 g/mol.